The minimum atomic E-state index is -2.66. The van der Waals surface area contributed by atoms with E-state index in [0.29, 0.717) is 36.0 Å². The standard InChI is InChI=1S/C22H25N4O4P/c1-3-12-31(29,30-4-2)15-17-8-10-19(11-9-17)25-22-14-21(23-16-24-22)18-6-5-7-20(13-18)26(27)28/h5-11,13-14,16H,3-4,12,15H2,1-2H3,(H,23,24,25). The van der Waals surface area contributed by atoms with E-state index >= 15 is 0 Å². The number of nitrogens with zero attached hydrogens (tertiary/aromatic N) is 3. The van der Waals surface area contributed by atoms with E-state index in [9.17, 15) is 14.7 Å². The maximum absolute atomic E-state index is 12.9. The van der Waals surface area contributed by atoms with Gasteiger partial charge in [-0.25, -0.2) is 9.97 Å². The zero-order valence-corrected chi connectivity index (χ0v) is 18.4. The highest BCUT2D eigenvalue weighted by atomic mass is 31.2. The Kier molecular flexibility index (Phi) is 7.50. The first-order valence-corrected chi connectivity index (χ1v) is 12.1. The van der Waals surface area contributed by atoms with Gasteiger partial charge in [-0.15, -0.1) is 0 Å². The number of benzene rings is 2. The molecule has 1 aromatic heterocycles. The first kappa shape index (κ1) is 22.6. The summed E-state index contributed by atoms with van der Waals surface area (Å²) in [5, 5.41) is 14.2. The predicted octanol–water partition coefficient (Wildman–Crippen LogP) is 6.02. The monoisotopic (exact) mass is 440 g/mol. The van der Waals surface area contributed by atoms with Crippen molar-refractivity contribution < 1.29 is 14.0 Å². The van der Waals surface area contributed by atoms with Crippen LogP contribution in [0.5, 0.6) is 0 Å². The van der Waals surface area contributed by atoms with Crippen molar-refractivity contribution >= 4 is 24.6 Å². The predicted molar refractivity (Wildman–Crippen MR) is 122 cm³/mol. The van der Waals surface area contributed by atoms with E-state index in [1.165, 1.54) is 18.5 Å². The lowest BCUT2D eigenvalue weighted by molar-refractivity contribution is -0.384. The molecule has 3 aromatic rings. The fourth-order valence-corrected chi connectivity index (χ4v) is 5.54. The Labute approximate surface area is 181 Å². The van der Waals surface area contributed by atoms with E-state index in [1.54, 1.807) is 18.2 Å². The quantitative estimate of drug-likeness (QED) is 0.233. The van der Waals surface area contributed by atoms with Gasteiger partial charge in [0.1, 0.15) is 12.1 Å². The lowest BCUT2D eigenvalue weighted by Crippen LogP contribution is -1.99. The number of hydrogen-bond acceptors (Lipinski definition) is 7. The van der Waals surface area contributed by atoms with Crippen LogP contribution in [0.15, 0.2) is 60.9 Å². The van der Waals surface area contributed by atoms with Crippen molar-refractivity contribution in [2.45, 2.75) is 26.4 Å². The minimum absolute atomic E-state index is 0.00799. The summed E-state index contributed by atoms with van der Waals surface area (Å²) in [7, 11) is -2.66. The molecule has 0 spiro atoms. The van der Waals surface area contributed by atoms with Gasteiger partial charge in [0.2, 0.25) is 7.37 Å². The van der Waals surface area contributed by atoms with Crippen LogP contribution in [0.2, 0.25) is 0 Å². The summed E-state index contributed by atoms with van der Waals surface area (Å²) in [6.45, 7) is 4.30. The third-order valence-electron chi connectivity index (χ3n) is 4.60. The van der Waals surface area contributed by atoms with Crippen LogP contribution in [0.4, 0.5) is 17.2 Å². The summed E-state index contributed by atoms with van der Waals surface area (Å²) in [4.78, 5) is 19.0. The van der Waals surface area contributed by atoms with Crippen LogP contribution in [-0.2, 0) is 15.3 Å². The van der Waals surface area contributed by atoms with Crippen LogP contribution in [0.25, 0.3) is 11.3 Å². The van der Waals surface area contributed by atoms with Gasteiger partial charge in [-0.2, -0.15) is 0 Å². The molecule has 0 amide bonds. The number of rotatable bonds is 10. The van der Waals surface area contributed by atoms with Gasteiger partial charge in [-0.1, -0.05) is 31.2 Å². The van der Waals surface area contributed by atoms with Gasteiger partial charge in [0.05, 0.1) is 17.2 Å². The van der Waals surface area contributed by atoms with Gasteiger partial charge in [-0.05, 0) is 31.0 Å². The van der Waals surface area contributed by atoms with E-state index in [1.807, 2.05) is 38.1 Å². The zero-order valence-electron chi connectivity index (χ0n) is 17.5. The fourth-order valence-electron chi connectivity index (χ4n) is 3.25. The van der Waals surface area contributed by atoms with Gasteiger partial charge in [-0.3, -0.25) is 14.7 Å². The van der Waals surface area contributed by atoms with Crippen molar-refractivity contribution in [2.24, 2.45) is 0 Å². The Morgan fingerprint density at radius 3 is 2.55 bits per heavy atom. The third kappa shape index (κ3) is 6.20. The number of nitro groups is 1. The molecule has 0 aliphatic heterocycles. The molecule has 1 heterocycles. The van der Waals surface area contributed by atoms with Crippen LogP contribution >= 0.6 is 7.37 Å². The van der Waals surface area contributed by atoms with Gasteiger partial charge in [0, 0.05) is 41.8 Å². The topological polar surface area (TPSA) is 107 Å². The van der Waals surface area contributed by atoms with E-state index in [-0.39, 0.29) is 5.69 Å². The number of nitro benzene ring substituents is 1. The molecule has 162 valence electrons. The molecule has 9 heteroatoms. The molecule has 0 radical (unpaired) electrons. The van der Waals surface area contributed by atoms with Crippen molar-refractivity contribution in [3.8, 4) is 11.3 Å². The molecular formula is C22H25N4O4P. The average Bonchev–Trinajstić information content (AvgIpc) is 2.76. The SMILES string of the molecule is CCCP(=O)(Cc1ccc(Nc2cc(-c3cccc([N+](=O)[O-])c3)ncn2)cc1)OCC. The lowest BCUT2D eigenvalue weighted by atomic mass is 10.1. The highest BCUT2D eigenvalue weighted by molar-refractivity contribution is 7.58. The maximum atomic E-state index is 12.9. The minimum Gasteiger partial charge on any atom is -0.340 e. The Morgan fingerprint density at radius 2 is 1.87 bits per heavy atom. The van der Waals surface area contributed by atoms with Crippen molar-refractivity contribution in [1.29, 1.82) is 0 Å². The van der Waals surface area contributed by atoms with E-state index in [4.69, 9.17) is 4.52 Å². The van der Waals surface area contributed by atoms with Crippen LogP contribution < -0.4 is 5.32 Å². The van der Waals surface area contributed by atoms with Crippen LogP contribution in [0.1, 0.15) is 25.8 Å². The first-order valence-electron chi connectivity index (χ1n) is 10.1. The number of hydrogen-bond donors (Lipinski definition) is 1. The second-order valence-electron chi connectivity index (χ2n) is 7.03. The molecular weight excluding hydrogens is 415 g/mol. The smallest absolute Gasteiger partial charge is 0.270 e. The summed E-state index contributed by atoms with van der Waals surface area (Å²) < 4.78 is 18.5. The summed E-state index contributed by atoms with van der Waals surface area (Å²) in [6, 6.07) is 15.7. The first-order chi connectivity index (χ1) is 14.9. The lowest BCUT2D eigenvalue weighted by Gasteiger charge is -2.17. The van der Waals surface area contributed by atoms with Gasteiger partial charge < -0.3 is 9.84 Å². The van der Waals surface area contributed by atoms with Gasteiger partial charge in [0.25, 0.3) is 5.69 Å². The molecule has 0 saturated heterocycles. The molecule has 0 aliphatic rings. The number of non-ortho nitro benzene ring substituents is 1. The molecule has 3 rings (SSSR count). The Morgan fingerprint density at radius 1 is 1.10 bits per heavy atom. The summed E-state index contributed by atoms with van der Waals surface area (Å²) >= 11 is 0. The number of aromatic nitrogens is 2. The molecule has 0 fully saturated rings. The largest absolute Gasteiger partial charge is 0.340 e. The third-order valence-corrected chi connectivity index (χ3v) is 7.30. The average molecular weight is 440 g/mol. The molecule has 31 heavy (non-hydrogen) atoms. The molecule has 1 atom stereocenters. The van der Waals surface area contributed by atoms with E-state index < -0.39 is 12.3 Å². The molecule has 1 unspecified atom stereocenters. The Balaban J connectivity index is 1.73. The van der Waals surface area contributed by atoms with Crippen LogP contribution in [-0.4, -0.2) is 27.7 Å². The second-order valence-corrected chi connectivity index (χ2v) is 9.68. The summed E-state index contributed by atoms with van der Waals surface area (Å²) in [6.07, 6.45) is 3.22. The molecule has 1 N–H and O–H groups in total. The second kappa shape index (κ2) is 10.3. The van der Waals surface area contributed by atoms with E-state index in [2.05, 4.69) is 15.3 Å². The normalized spacial score (nSPS) is 12.8. The number of nitrogens with one attached hydrogen (secondary N) is 1. The fraction of sp³-hybridized carbons (Fsp3) is 0.273. The molecule has 0 saturated carbocycles. The maximum Gasteiger partial charge on any atom is 0.270 e. The Bertz CT molecular complexity index is 1080. The van der Waals surface area contributed by atoms with Crippen molar-refractivity contribution in [3.63, 3.8) is 0 Å². The number of anilines is 2. The van der Waals surface area contributed by atoms with Gasteiger partial charge >= 0.3 is 0 Å². The summed E-state index contributed by atoms with van der Waals surface area (Å²) in [5.41, 5.74) is 2.99. The highest BCUT2D eigenvalue weighted by Gasteiger charge is 2.21. The van der Waals surface area contributed by atoms with Crippen molar-refractivity contribution in [3.05, 3.63) is 76.6 Å². The summed E-state index contributed by atoms with van der Waals surface area (Å²) in [5.74, 6) is 0.565. The molecule has 0 aliphatic carbocycles. The van der Waals surface area contributed by atoms with Crippen molar-refractivity contribution in [1.82, 2.24) is 9.97 Å². The zero-order chi connectivity index (χ0) is 22.3. The molecule has 0 bridgehead atoms. The van der Waals surface area contributed by atoms with Crippen molar-refractivity contribution in [2.75, 3.05) is 18.1 Å². The van der Waals surface area contributed by atoms with Crippen LogP contribution in [0.3, 0.4) is 0 Å². The molecule has 2 aromatic carbocycles. The van der Waals surface area contributed by atoms with Gasteiger partial charge in [0.15, 0.2) is 0 Å². The Hall–Kier alpha value is -3.09. The van der Waals surface area contributed by atoms with E-state index in [0.717, 1.165) is 17.7 Å². The molecule has 8 nitrogen and oxygen atoms in total. The highest BCUT2D eigenvalue weighted by Crippen LogP contribution is 2.50. The van der Waals surface area contributed by atoms with Crippen LogP contribution in [0, 0.1) is 10.1 Å².